The number of likely N-dealkylation sites (tertiary alicyclic amines) is 1. The normalized spacial score (nSPS) is 16.2. The molecule has 1 atom stereocenters. The zero-order chi connectivity index (χ0) is 20.9. The summed E-state index contributed by atoms with van der Waals surface area (Å²) in [6.07, 6.45) is 3.00. The molecule has 2 aromatic heterocycles. The lowest BCUT2D eigenvalue weighted by Crippen LogP contribution is -2.30. The fourth-order valence-corrected chi connectivity index (χ4v) is 5.12. The van der Waals surface area contributed by atoms with Gasteiger partial charge in [0.2, 0.25) is 5.91 Å². The average Bonchev–Trinajstić information content (AvgIpc) is 3.39. The van der Waals surface area contributed by atoms with Crippen LogP contribution in [0.1, 0.15) is 33.1 Å². The fourth-order valence-electron chi connectivity index (χ4n) is 3.98. The third-order valence-corrected chi connectivity index (χ3v) is 6.58. The molecule has 0 aliphatic carbocycles. The Labute approximate surface area is 179 Å². The largest absolute Gasteiger partial charge is 0.383 e. The van der Waals surface area contributed by atoms with Crippen molar-refractivity contribution < 1.29 is 14.3 Å². The molecule has 1 fully saturated rings. The zero-order valence-electron chi connectivity index (χ0n) is 17.0. The van der Waals surface area contributed by atoms with Gasteiger partial charge in [-0.3, -0.25) is 9.59 Å². The summed E-state index contributed by atoms with van der Waals surface area (Å²) in [6, 6.07) is 13.7. The summed E-state index contributed by atoms with van der Waals surface area (Å²) in [5, 5.41) is 3.95. The van der Waals surface area contributed by atoms with Gasteiger partial charge in [-0.25, -0.2) is 4.98 Å². The van der Waals surface area contributed by atoms with Crippen LogP contribution in [0.5, 0.6) is 0 Å². The van der Waals surface area contributed by atoms with Gasteiger partial charge in [0.1, 0.15) is 4.83 Å². The van der Waals surface area contributed by atoms with Crippen LogP contribution in [0.15, 0.2) is 48.7 Å². The van der Waals surface area contributed by atoms with E-state index in [1.165, 1.54) is 11.3 Å². The third kappa shape index (κ3) is 4.37. The van der Waals surface area contributed by atoms with Crippen molar-refractivity contribution in [3.63, 3.8) is 0 Å². The van der Waals surface area contributed by atoms with Crippen molar-refractivity contribution in [2.24, 2.45) is 0 Å². The second-order valence-corrected chi connectivity index (χ2v) is 8.44. The smallest absolute Gasteiger partial charge is 0.261 e. The lowest BCUT2D eigenvalue weighted by atomic mass is 9.95. The minimum Gasteiger partial charge on any atom is -0.383 e. The first-order chi connectivity index (χ1) is 14.7. The van der Waals surface area contributed by atoms with E-state index in [1.54, 1.807) is 13.3 Å². The topological polar surface area (TPSA) is 71.5 Å². The highest BCUT2D eigenvalue weighted by Crippen LogP contribution is 2.39. The molecule has 0 radical (unpaired) electrons. The highest BCUT2D eigenvalue weighted by atomic mass is 32.1. The third-order valence-electron chi connectivity index (χ3n) is 5.45. The number of carbonyl (C=O) groups excluding carboxylic acids is 2. The van der Waals surface area contributed by atoms with Crippen LogP contribution in [-0.2, 0) is 16.0 Å². The molecule has 0 bridgehead atoms. The molecule has 30 heavy (non-hydrogen) atoms. The van der Waals surface area contributed by atoms with Crippen LogP contribution < -0.4 is 5.32 Å². The van der Waals surface area contributed by atoms with Gasteiger partial charge in [-0.05, 0) is 23.6 Å². The molecule has 0 saturated carbocycles. The Morgan fingerprint density at radius 3 is 2.87 bits per heavy atom. The number of amides is 2. The number of pyridine rings is 1. The average molecular weight is 424 g/mol. The molecule has 2 amide bonds. The predicted octanol–water partition coefficient (Wildman–Crippen LogP) is 3.23. The van der Waals surface area contributed by atoms with Crippen LogP contribution in [0, 0.1) is 0 Å². The Bertz CT molecular complexity index is 1030. The predicted molar refractivity (Wildman–Crippen MR) is 118 cm³/mol. The van der Waals surface area contributed by atoms with E-state index in [-0.39, 0.29) is 17.7 Å². The number of hydrogen-bond acceptors (Lipinski definition) is 5. The van der Waals surface area contributed by atoms with E-state index in [2.05, 4.69) is 10.3 Å². The van der Waals surface area contributed by atoms with Crippen molar-refractivity contribution >= 4 is 33.4 Å². The Balaban J connectivity index is 1.54. The van der Waals surface area contributed by atoms with E-state index in [4.69, 9.17) is 4.74 Å². The SMILES string of the molecule is COCCNC(=O)c1sc2ncccc2c1[C@@H]1CCN(C(=O)Cc2ccccc2)C1. The van der Waals surface area contributed by atoms with Gasteiger partial charge in [0.15, 0.2) is 0 Å². The number of methoxy groups -OCH3 is 1. The molecular formula is C23H25N3O3S. The molecule has 0 unspecified atom stereocenters. The summed E-state index contributed by atoms with van der Waals surface area (Å²) < 4.78 is 5.04. The van der Waals surface area contributed by atoms with Crippen LogP contribution >= 0.6 is 11.3 Å². The zero-order valence-corrected chi connectivity index (χ0v) is 17.8. The summed E-state index contributed by atoms with van der Waals surface area (Å²) in [5.41, 5.74) is 2.04. The number of thiophene rings is 1. The number of carbonyl (C=O) groups is 2. The lowest BCUT2D eigenvalue weighted by molar-refractivity contribution is -0.129. The summed E-state index contributed by atoms with van der Waals surface area (Å²) in [7, 11) is 1.61. The van der Waals surface area contributed by atoms with Crippen molar-refractivity contribution in [3.05, 3.63) is 64.7 Å². The van der Waals surface area contributed by atoms with Crippen LogP contribution in [0.25, 0.3) is 10.2 Å². The molecule has 1 aliphatic heterocycles. The second kappa shape index (κ2) is 9.36. The standard InChI is InChI=1S/C23H25N3O3S/c1-29-13-11-24-22(28)21-20(18-8-5-10-25-23(18)30-21)17-9-12-26(15-17)19(27)14-16-6-3-2-4-7-16/h2-8,10,17H,9,11-15H2,1H3,(H,24,28)/t17-/m1/s1. The van der Waals surface area contributed by atoms with Gasteiger partial charge in [-0.15, -0.1) is 11.3 Å². The van der Waals surface area contributed by atoms with Gasteiger partial charge in [0, 0.05) is 44.2 Å². The van der Waals surface area contributed by atoms with E-state index in [0.717, 1.165) is 27.8 Å². The first kappa shape index (κ1) is 20.5. The van der Waals surface area contributed by atoms with E-state index in [9.17, 15) is 9.59 Å². The van der Waals surface area contributed by atoms with Crippen LogP contribution in [-0.4, -0.2) is 55.0 Å². The van der Waals surface area contributed by atoms with Crippen molar-refractivity contribution in [3.8, 4) is 0 Å². The summed E-state index contributed by atoms with van der Waals surface area (Å²) in [5.74, 6) is 0.164. The van der Waals surface area contributed by atoms with Gasteiger partial charge in [0.05, 0.1) is 17.9 Å². The van der Waals surface area contributed by atoms with E-state index in [1.807, 2.05) is 47.4 Å². The van der Waals surface area contributed by atoms with Crippen molar-refractivity contribution in [1.82, 2.24) is 15.2 Å². The van der Waals surface area contributed by atoms with Crippen LogP contribution in [0.2, 0.25) is 0 Å². The van der Waals surface area contributed by atoms with Crippen molar-refractivity contribution in [2.75, 3.05) is 33.4 Å². The van der Waals surface area contributed by atoms with Crippen molar-refractivity contribution in [1.29, 1.82) is 0 Å². The molecule has 4 rings (SSSR count). The molecule has 156 valence electrons. The number of nitrogens with zero attached hydrogens (tertiary/aromatic N) is 2. The molecule has 1 aliphatic rings. The molecule has 3 heterocycles. The number of ether oxygens (including phenoxy) is 1. The maximum Gasteiger partial charge on any atom is 0.261 e. The Morgan fingerprint density at radius 1 is 1.23 bits per heavy atom. The van der Waals surface area contributed by atoms with Gasteiger partial charge in [-0.2, -0.15) is 0 Å². The number of nitrogens with one attached hydrogen (secondary N) is 1. The Morgan fingerprint density at radius 2 is 2.07 bits per heavy atom. The number of rotatable bonds is 7. The maximum absolute atomic E-state index is 12.9. The Hall–Kier alpha value is -2.77. The van der Waals surface area contributed by atoms with Crippen LogP contribution in [0.3, 0.4) is 0 Å². The molecule has 7 heteroatoms. The van der Waals surface area contributed by atoms with Crippen LogP contribution in [0.4, 0.5) is 0 Å². The molecular weight excluding hydrogens is 398 g/mol. The highest BCUT2D eigenvalue weighted by Gasteiger charge is 2.32. The van der Waals surface area contributed by atoms with Gasteiger partial charge < -0.3 is 15.0 Å². The summed E-state index contributed by atoms with van der Waals surface area (Å²) in [6.45, 7) is 2.27. The number of aromatic nitrogens is 1. The van der Waals surface area contributed by atoms with Gasteiger partial charge >= 0.3 is 0 Å². The fraction of sp³-hybridized carbons (Fsp3) is 0.348. The molecule has 1 saturated heterocycles. The summed E-state index contributed by atoms with van der Waals surface area (Å²) >= 11 is 1.42. The molecule has 1 aromatic carbocycles. The molecule has 1 N–H and O–H groups in total. The lowest BCUT2D eigenvalue weighted by Gasteiger charge is -2.17. The van der Waals surface area contributed by atoms with E-state index < -0.39 is 0 Å². The van der Waals surface area contributed by atoms with Crippen molar-refractivity contribution in [2.45, 2.75) is 18.8 Å². The van der Waals surface area contributed by atoms with Gasteiger partial charge in [-0.1, -0.05) is 36.4 Å². The first-order valence-corrected chi connectivity index (χ1v) is 10.9. The molecule has 6 nitrogen and oxygen atoms in total. The number of benzene rings is 1. The van der Waals surface area contributed by atoms with E-state index in [0.29, 0.717) is 37.5 Å². The van der Waals surface area contributed by atoms with Gasteiger partial charge in [0.25, 0.3) is 5.91 Å². The molecule has 0 spiro atoms. The minimum absolute atomic E-state index is 0.0980. The molecule has 3 aromatic rings. The summed E-state index contributed by atoms with van der Waals surface area (Å²) in [4.78, 5) is 33.6. The minimum atomic E-state index is -0.0980. The monoisotopic (exact) mass is 423 g/mol. The highest BCUT2D eigenvalue weighted by molar-refractivity contribution is 7.20. The van der Waals surface area contributed by atoms with E-state index >= 15 is 0 Å². The second-order valence-electron chi connectivity index (χ2n) is 7.44. The number of hydrogen-bond donors (Lipinski definition) is 1. The Kier molecular flexibility index (Phi) is 6.40. The quantitative estimate of drug-likeness (QED) is 0.593. The number of fused-ring (bicyclic) bond motifs is 1. The maximum atomic E-state index is 12.9. The first-order valence-electron chi connectivity index (χ1n) is 10.1.